The van der Waals surface area contributed by atoms with Crippen LogP contribution in [0.5, 0.6) is 5.75 Å². The summed E-state index contributed by atoms with van der Waals surface area (Å²) < 4.78 is 23.4. The van der Waals surface area contributed by atoms with E-state index in [1.54, 1.807) is 12.1 Å². The second-order valence-corrected chi connectivity index (χ2v) is 6.56. The summed E-state index contributed by atoms with van der Waals surface area (Å²) >= 11 is 3.41. The van der Waals surface area contributed by atoms with Crippen molar-refractivity contribution in [2.45, 2.75) is 0 Å². The molecule has 1 aromatic heterocycles. The minimum atomic E-state index is -0.742. The normalized spacial score (nSPS) is 10.8. The number of hydrogen-bond donors (Lipinski definition) is 2. The molecule has 0 saturated heterocycles. The molecule has 0 unspecified atom stereocenters. The molecular weight excluding hydrogens is 431 g/mol. The Morgan fingerprint density at radius 3 is 2.86 bits per heavy atom. The summed E-state index contributed by atoms with van der Waals surface area (Å²) in [6.07, 6.45) is 0. The Balaban J connectivity index is 1.88. The van der Waals surface area contributed by atoms with Gasteiger partial charge in [-0.25, -0.2) is 14.4 Å². The maximum Gasteiger partial charge on any atom is 0.286 e. The number of hydrogen-bond acceptors (Lipinski definition) is 6. The molecule has 0 bridgehead atoms. The summed E-state index contributed by atoms with van der Waals surface area (Å²) in [6.45, 7) is -0.0198. The third-order valence-electron chi connectivity index (χ3n) is 3.62. The van der Waals surface area contributed by atoms with Crippen molar-refractivity contribution in [3.63, 3.8) is 0 Å². The van der Waals surface area contributed by atoms with Crippen LogP contribution in [0.4, 0.5) is 15.9 Å². The molecule has 145 valence electrons. The van der Waals surface area contributed by atoms with Gasteiger partial charge >= 0.3 is 0 Å². The van der Waals surface area contributed by atoms with Gasteiger partial charge in [-0.15, -0.1) is 0 Å². The Morgan fingerprint density at radius 2 is 2.11 bits per heavy atom. The van der Waals surface area contributed by atoms with Crippen molar-refractivity contribution in [3.05, 3.63) is 52.8 Å². The van der Waals surface area contributed by atoms with Crippen molar-refractivity contribution in [1.29, 1.82) is 0 Å². The number of primary amides is 1. The highest BCUT2D eigenvalue weighted by molar-refractivity contribution is 9.10. The van der Waals surface area contributed by atoms with Gasteiger partial charge < -0.3 is 20.5 Å². The summed E-state index contributed by atoms with van der Waals surface area (Å²) in [5.41, 5.74) is 6.62. The molecule has 0 spiro atoms. The number of carbonyl (C=O) groups excluding carboxylic acids is 1. The summed E-state index contributed by atoms with van der Waals surface area (Å²) in [5, 5.41) is 3.81. The smallest absolute Gasteiger partial charge is 0.286 e. The molecule has 0 saturated carbocycles. The highest BCUT2D eigenvalue weighted by atomic mass is 79.9. The molecule has 0 atom stereocenters. The molecule has 28 heavy (non-hydrogen) atoms. The van der Waals surface area contributed by atoms with Crippen LogP contribution in [0.3, 0.4) is 0 Å². The topological polar surface area (TPSA) is 99.4 Å². The lowest BCUT2D eigenvalue weighted by Crippen LogP contribution is -2.16. The number of amides is 1. The molecular formula is C19H17BrFN4O3. The van der Waals surface area contributed by atoms with Gasteiger partial charge in [-0.1, -0.05) is 22.0 Å². The van der Waals surface area contributed by atoms with E-state index in [1.807, 2.05) is 24.3 Å². The Hall–Kier alpha value is -2.78. The van der Waals surface area contributed by atoms with E-state index in [4.69, 9.17) is 15.2 Å². The van der Waals surface area contributed by atoms with Crippen molar-refractivity contribution < 1.29 is 18.7 Å². The van der Waals surface area contributed by atoms with Crippen molar-refractivity contribution in [3.8, 4) is 5.75 Å². The first-order valence-corrected chi connectivity index (χ1v) is 9.18. The second kappa shape index (κ2) is 9.43. The van der Waals surface area contributed by atoms with Crippen LogP contribution < -0.4 is 15.8 Å². The van der Waals surface area contributed by atoms with Crippen LogP contribution in [0.25, 0.3) is 10.9 Å². The number of ether oxygens (including phenoxy) is 2. The van der Waals surface area contributed by atoms with Gasteiger partial charge in [0.2, 0.25) is 5.82 Å². The van der Waals surface area contributed by atoms with Gasteiger partial charge in [0.05, 0.1) is 18.7 Å². The van der Waals surface area contributed by atoms with Gasteiger partial charge in [0.25, 0.3) is 5.91 Å². The standard InChI is InChI=1S/C19H17BrFN4O3/c20-12-2-1-3-13(10-12)23-18-15-5-4-14(28-9-8-27-7-6-21)11-16(15)24-19(25-18)17(22)26/h1-3,5,10-11H,6-9H2,(H2,22,26)(H,23,24,25). The maximum atomic E-state index is 12.0. The van der Waals surface area contributed by atoms with E-state index in [0.717, 1.165) is 10.2 Å². The number of nitrogens with two attached hydrogens (primary N) is 1. The molecule has 3 rings (SSSR count). The largest absolute Gasteiger partial charge is 0.490 e. The number of halogens is 2. The molecule has 0 aliphatic carbocycles. The van der Waals surface area contributed by atoms with Crippen LogP contribution in [0.2, 0.25) is 0 Å². The molecule has 0 aliphatic heterocycles. The fourth-order valence-electron chi connectivity index (χ4n) is 2.41. The minimum absolute atomic E-state index is 0.0324. The predicted octanol–water partition coefficient (Wildman–Crippen LogP) is 3.40. The van der Waals surface area contributed by atoms with Gasteiger partial charge in [-0.05, 0) is 24.3 Å². The Bertz CT molecular complexity index is 987. The van der Waals surface area contributed by atoms with Crippen molar-refractivity contribution in [2.24, 2.45) is 5.73 Å². The molecule has 1 radical (unpaired) electrons. The van der Waals surface area contributed by atoms with Gasteiger partial charge in [-0.3, -0.25) is 4.79 Å². The molecule has 0 fully saturated rings. The second-order valence-electron chi connectivity index (χ2n) is 5.64. The molecule has 1 heterocycles. The number of anilines is 2. The van der Waals surface area contributed by atoms with Crippen LogP contribution in [0, 0.1) is 6.07 Å². The number of alkyl halides is 1. The molecule has 9 heteroatoms. The highest BCUT2D eigenvalue weighted by Crippen LogP contribution is 2.27. The highest BCUT2D eigenvalue weighted by Gasteiger charge is 2.13. The number of benzene rings is 2. The van der Waals surface area contributed by atoms with Crippen LogP contribution in [-0.2, 0) is 4.74 Å². The van der Waals surface area contributed by atoms with E-state index in [2.05, 4.69) is 37.3 Å². The Labute approximate surface area is 169 Å². The average Bonchev–Trinajstić information content (AvgIpc) is 2.67. The van der Waals surface area contributed by atoms with E-state index in [1.165, 1.54) is 0 Å². The lowest BCUT2D eigenvalue weighted by molar-refractivity contribution is 0.0897. The molecule has 7 nitrogen and oxygen atoms in total. The Kier molecular flexibility index (Phi) is 6.72. The lowest BCUT2D eigenvalue weighted by atomic mass is 10.2. The third-order valence-corrected chi connectivity index (χ3v) is 4.11. The van der Waals surface area contributed by atoms with Crippen molar-refractivity contribution in [2.75, 3.05) is 31.8 Å². The van der Waals surface area contributed by atoms with Crippen molar-refractivity contribution in [1.82, 2.24) is 9.97 Å². The van der Waals surface area contributed by atoms with E-state index in [0.29, 0.717) is 22.5 Å². The third kappa shape index (κ3) is 5.14. The van der Waals surface area contributed by atoms with E-state index >= 15 is 0 Å². The quantitative estimate of drug-likeness (QED) is 0.487. The van der Waals surface area contributed by atoms with E-state index in [-0.39, 0.29) is 25.6 Å². The molecule has 1 amide bonds. The number of aromatic nitrogens is 2. The van der Waals surface area contributed by atoms with Gasteiger partial charge in [0, 0.05) is 27.7 Å². The molecule has 0 aliphatic rings. The Morgan fingerprint density at radius 1 is 1.25 bits per heavy atom. The first-order chi connectivity index (χ1) is 13.6. The van der Waals surface area contributed by atoms with Crippen LogP contribution in [0.15, 0.2) is 40.9 Å². The van der Waals surface area contributed by atoms with E-state index in [9.17, 15) is 9.18 Å². The van der Waals surface area contributed by atoms with Gasteiger partial charge in [-0.2, -0.15) is 0 Å². The first-order valence-electron chi connectivity index (χ1n) is 8.39. The van der Waals surface area contributed by atoms with Crippen LogP contribution in [0.1, 0.15) is 10.6 Å². The lowest BCUT2D eigenvalue weighted by Gasteiger charge is -2.12. The number of rotatable bonds is 9. The fraction of sp³-hybridized carbons (Fsp3) is 0.211. The zero-order valence-electron chi connectivity index (χ0n) is 14.7. The van der Waals surface area contributed by atoms with Crippen LogP contribution in [-0.4, -0.2) is 42.4 Å². The molecule has 3 aromatic rings. The number of fused-ring (bicyclic) bond motifs is 1. The predicted molar refractivity (Wildman–Crippen MR) is 107 cm³/mol. The van der Waals surface area contributed by atoms with E-state index < -0.39 is 12.6 Å². The number of carbonyl (C=O) groups is 1. The number of nitrogens with one attached hydrogen (secondary N) is 1. The molecule has 3 N–H and O–H groups in total. The zero-order valence-corrected chi connectivity index (χ0v) is 16.3. The maximum absolute atomic E-state index is 12.0. The number of nitrogens with zero attached hydrogens (tertiary/aromatic N) is 2. The fourth-order valence-corrected chi connectivity index (χ4v) is 2.81. The summed E-state index contributed by atoms with van der Waals surface area (Å²) in [6, 6.07) is 13.8. The summed E-state index contributed by atoms with van der Waals surface area (Å²) in [7, 11) is 0. The summed E-state index contributed by atoms with van der Waals surface area (Å²) in [5.74, 6) is -0.0209. The average molecular weight is 448 g/mol. The van der Waals surface area contributed by atoms with Gasteiger partial charge in [0.1, 0.15) is 24.8 Å². The monoisotopic (exact) mass is 447 g/mol. The first kappa shape index (κ1) is 20.0. The van der Waals surface area contributed by atoms with Crippen LogP contribution >= 0.6 is 15.9 Å². The van der Waals surface area contributed by atoms with Crippen molar-refractivity contribution >= 4 is 44.2 Å². The SMILES string of the molecule is NC(=O)c1nc(Nc2cccc(Br)c2)c2c[c]c(OCCOCCF)cc2n1. The molecule has 2 aromatic carbocycles. The summed E-state index contributed by atoms with van der Waals surface area (Å²) in [4.78, 5) is 20.1. The van der Waals surface area contributed by atoms with Gasteiger partial charge in [0.15, 0.2) is 0 Å². The minimum Gasteiger partial charge on any atom is -0.490 e. The zero-order chi connectivity index (χ0) is 19.9.